The minimum Gasteiger partial charge on any atom is -0.488 e. The molecule has 0 spiro atoms. The van der Waals surface area contributed by atoms with Crippen LogP contribution >= 0.6 is 0 Å². The van der Waals surface area contributed by atoms with E-state index in [1.165, 1.54) is 25.0 Å². The van der Waals surface area contributed by atoms with Gasteiger partial charge in [0.25, 0.3) is 0 Å². The molecule has 2 amide bonds. The zero-order valence-electron chi connectivity index (χ0n) is 16.5. The fourth-order valence-corrected chi connectivity index (χ4v) is 3.42. The first-order valence-electron chi connectivity index (χ1n) is 9.86. The molecule has 2 aromatic rings. The lowest BCUT2D eigenvalue weighted by Crippen LogP contribution is -2.28. The van der Waals surface area contributed by atoms with E-state index in [1.807, 2.05) is 32.2 Å². The van der Waals surface area contributed by atoms with Gasteiger partial charge in [0.05, 0.1) is 11.8 Å². The number of carbonyl (C=O) groups excluding carboxylic acids is 1. The van der Waals surface area contributed by atoms with Gasteiger partial charge in [0.1, 0.15) is 11.6 Å². The van der Waals surface area contributed by atoms with Gasteiger partial charge < -0.3 is 20.3 Å². The number of ether oxygens (including phenoxy) is 1. The SMILES string of the molecule is CCNC(=O)Nc1ccc(N(C)Cc2ccc(F)cc2)cc1OC1CCCC1. The van der Waals surface area contributed by atoms with E-state index >= 15 is 0 Å². The molecule has 0 radical (unpaired) electrons. The van der Waals surface area contributed by atoms with Crippen LogP contribution in [0, 0.1) is 5.82 Å². The van der Waals surface area contributed by atoms with Crippen molar-refractivity contribution in [3.63, 3.8) is 0 Å². The van der Waals surface area contributed by atoms with E-state index in [1.54, 1.807) is 12.1 Å². The van der Waals surface area contributed by atoms with Crippen LogP contribution in [0.25, 0.3) is 0 Å². The fraction of sp³-hybridized carbons (Fsp3) is 0.409. The lowest BCUT2D eigenvalue weighted by Gasteiger charge is -2.23. The molecule has 0 heterocycles. The van der Waals surface area contributed by atoms with Crippen LogP contribution in [-0.4, -0.2) is 25.7 Å². The standard InChI is InChI=1S/C22H28FN3O2/c1-3-24-22(27)25-20-13-12-18(14-21(20)28-19-6-4-5-7-19)26(2)15-16-8-10-17(23)11-9-16/h8-14,19H,3-7,15H2,1-2H3,(H2,24,25,27). The Hall–Kier alpha value is -2.76. The summed E-state index contributed by atoms with van der Waals surface area (Å²) < 4.78 is 19.4. The minimum absolute atomic E-state index is 0.187. The average Bonchev–Trinajstić information content (AvgIpc) is 3.18. The van der Waals surface area contributed by atoms with E-state index < -0.39 is 0 Å². The molecule has 0 aromatic heterocycles. The molecule has 5 nitrogen and oxygen atoms in total. The van der Waals surface area contributed by atoms with Crippen LogP contribution in [0.3, 0.4) is 0 Å². The van der Waals surface area contributed by atoms with Gasteiger partial charge >= 0.3 is 6.03 Å². The predicted molar refractivity (Wildman–Crippen MR) is 111 cm³/mol. The smallest absolute Gasteiger partial charge is 0.319 e. The van der Waals surface area contributed by atoms with Gasteiger partial charge in [-0.2, -0.15) is 0 Å². The molecule has 1 aliphatic rings. The summed E-state index contributed by atoms with van der Waals surface area (Å²) in [6.45, 7) is 3.08. The van der Waals surface area contributed by atoms with Crippen molar-refractivity contribution in [3.8, 4) is 5.75 Å². The number of halogens is 1. The number of nitrogens with one attached hydrogen (secondary N) is 2. The second-order valence-corrected chi connectivity index (χ2v) is 7.17. The van der Waals surface area contributed by atoms with Crippen LogP contribution in [0.4, 0.5) is 20.6 Å². The summed E-state index contributed by atoms with van der Waals surface area (Å²) in [6, 6.07) is 12.0. The van der Waals surface area contributed by atoms with Crippen molar-refractivity contribution >= 4 is 17.4 Å². The number of anilines is 2. The first kappa shape index (κ1) is 20.0. The molecule has 2 aromatic carbocycles. The van der Waals surface area contributed by atoms with E-state index in [-0.39, 0.29) is 18.0 Å². The van der Waals surface area contributed by atoms with Crippen molar-refractivity contribution in [2.75, 3.05) is 23.8 Å². The molecule has 0 saturated heterocycles. The quantitative estimate of drug-likeness (QED) is 0.711. The maximum atomic E-state index is 13.1. The molecule has 3 rings (SSSR count). The van der Waals surface area contributed by atoms with Crippen molar-refractivity contribution in [1.82, 2.24) is 5.32 Å². The Morgan fingerprint density at radius 2 is 1.89 bits per heavy atom. The van der Waals surface area contributed by atoms with Crippen LogP contribution in [-0.2, 0) is 6.54 Å². The van der Waals surface area contributed by atoms with Gasteiger partial charge in [-0.15, -0.1) is 0 Å². The molecule has 1 fully saturated rings. The van der Waals surface area contributed by atoms with Gasteiger partial charge in [0.2, 0.25) is 0 Å². The molecule has 6 heteroatoms. The van der Waals surface area contributed by atoms with Crippen molar-refractivity contribution in [2.45, 2.75) is 45.3 Å². The molecule has 2 N–H and O–H groups in total. The van der Waals surface area contributed by atoms with Crippen LogP contribution in [0.15, 0.2) is 42.5 Å². The highest BCUT2D eigenvalue weighted by Crippen LogP contribution is 2.33. The summed E-state index contributed by atoms with van der Waals surface area (Å²) in [6.07, 6.45) is 4.61. The van der Waals surface area contributed by atoms with Crippen molar-refractivity contribution in [2.24, 2.45) is 0 Å². The normalized spacial score (nSPS) is 14.0. The highest BCUT2D eigenvalue weighted by atomic mass is 19.1. The van der Waals surface area contributed by atoms with Gasteiger partial charge in [-0.1, -0.05) is 12.1 Å². The first-order valence-corrected chi connectivity index (χ1v) is 9.86. The predicted octanol–water partition coefficient (Wildman–Crippen LogP) is 4.92. The van der Waals surface area contributed by atoms with Gasteiger partial charge in [-0.3, -0.25) is 0 Å². The number of hydrogen-bond donors (Lipinski definition) is 2. The Kier molecular flexibility index (Phi) is 6.74. The monoisotopic (exact) mass is 385 g/mol. The zero-order valence-corrected chi connectivity index (χ0v) is 16.5. The molecular formula is C22H28FN3O2. The first-order chi connectivity index (χ1) is 13.5. The van der Waals surface area contributed by atoms with Crippen LogP contribution < -0.4 is 20.3 Å². The van der Waals surface area contributed by atoms with Crippen molar-refractivity contribution in [3.05, 3.63) is 53.8 Å². The molecule has 0 bridgehead atoms. The number of amides is 2. The van der Waals surface area contributed by atoms with Gasteiger partial charge in [-0.25, -0.2) is 9.18 Å². The maximum absolute atomic E-state index is 13.1. The zero-order chi connectivity index (χ0) is 19.9. The number of hydrogen-bond acceptors (Lipinski definition) is 3. The van der Waals surface area contributed by atoms with E-state index in [0.717, 1.165) is 24.1 Å². The van der Waals surface area contributed by atoms with Crippen LogP contribution in [0.5, 0.6) is 5.75 Å². The summed E-state index contributed by atoms with van der Waals surface area (Å²) in [5, 5.41) is 5.62. The van der Waals surface area contributed by atoms with Gasteiger partial charge in [0.15, 0.2) is 0 Å². The second-order valence-electron chi connectivity index (χ2n) is 7.17. The van der Waals surface area contributed by atoms with E-state index in [9.17, 15) is 9.18 Å². The Balaban J connectivity index is 1.78. The largest absolute Gasteiger partial charge is 0.488 e. The molecule has 0 atom stereocenters. The van der Waals surface area contributed by atoms with Crippen molar-refractivity contribution < 1.29 is 13.9 Å². The molecule has 150 valence electrons. The highest BCUT2D eigenvalue weighted by Gasteiger charge is 2.19. The third-order valence-corrected chi connectivity index (χ3v) is 4.92. The molecule has 1 aliphatic carbocycles. The van der Waals surface area contributed by atoms with Crippen molar-refractivity contribution in [1.29, 1.82) is 0 Å². The summed E-state index contributed by atoms with van der Waals surface area (Å²) in [5.74, 6) is 0.445. The molecule has 1 saturated carbocycles. The summed E-state index contributed by atoms with van der Waals surface area (Å²) in [5.41, 5.74) is 2.65. The Labute approximate surface area is 165 Å². The fourth-order valence-electron chi connectivity index (χ4n) is 3.42. The highest BCUT2D eigenvalue weighted by molar-refractivity contribution is 5.91. The average molecular weight is 385 g/mol. The Morgan fingerprint density at radius 1 is 1.18 bits per heavy atom. The Morgan fingerprint density at radius 3 is 2.57 bits per heavy atom. The molecule has 28 heavy (non-hydrogen) atoms. The van der Waals surface area contributed by atoms with E-state index in [0.29, 0.717) is 24.5 Å². The molecule has 0 unspecified atom stereocenters. The molecular weight excluding hydrogens is 357 g/mol. The lowest BCUT2D eigenvalue weighted by molar-refractivity contribution is 0.211. The topological polar surface area (TPSA) is 53.6 Å². The number of benzene rings is 2. The Bertz CT molecular complexity index is 789. The van der Waals surface area contributed by atoms with Gasteiger partial charge in [-0.05, 0) is 62.4 Å². The third-order valence-electron chi connectivity index (χ3n) is 4.92. The number of carbonyl (C=O) groups is 1. The third kappa shape index (κ3) is 5.38. The van der Waals surface area contributed by atoms with E-state index in [2.05, 4.69) is 15.5 Å². The van der Waals surface area contributed by atoms with Crippen LogP contribution in [0.2, 0.25) is 0 Å². The summed E-state index contributed by atoms with van der Waals surface area (Å²) in [7, 11) is 1.98. The van der Waals surface area contributed by atoms with Gasteiger partial charge in [0, 0.05) is 31.9 Å². The number of nitrogens with zero attached hydrogens (tertiary/aromatic N) is 1. The lowest BCUT2D eigenvalue weighted by atomic mass is 10.2. The summed E-state index contributed by atoms with van der Waals surface area (Å²) in [4.78, 5) is 14.0. The number of urea groups is 1. The summed E-state index contributed by atoms with van der Waals surface area (Å²) >= 11 is 0. The van der Waals surface area contributed by atoms with E-state index in [4.69, 9.17) is 4.74 Å². The number of rotatable bonds is 7. The molecule has 0 aliphatic heterocycles. The second kappa shape index (κ2) is 9.44. The van der Waals surface area contributed by atoms with Crippen LogP contribution in [0.1, 0.15) is 38.2 Å². The minimum atomic E-state index is -0.244. The maximum Gasteiger partial charge on any atom is 0.319 e.